The molecule has 2 amide bonds. The molecule has 0 rings (SSSR count). The fourth-order valence-corrected chi connectivity index (χ4v) is 2.34. The fraction of sp³-hybridized carbons (Fsp3) is 0.833. The molecule has 0 saturated carbocycles. The first-order chi connectivity index (χ1) is 9.60. The van der Waals surface area contributed by atoms with E-state index in [1.54, 1.807) is 0 Å². The normalized spacial score (nSPS) is 13.0. The van der Waals surface area contributed by atoms with Gasteiger partial charge in [0.2, 0.25) is 10.0 Å². The number of aliphatic carboxylic acids is 1. The second-order valence-electron chi connectivity index (χ2n) is 5.40. The van der Waals surface area contributed by atoms with Crippen LogP contribution >= 0.6 is 0 Å². The number of rotatable bonds is 10. The molecule has 1 atom stereocenters. The summed E-state index contributed by atoms with van der Waals surface area (Å²) in [7, 11) is -3.26. The third-order valence-corrected chi connectivity index (χ3v) is 3.32. The van der Waals surface area contributed by atoms with Gasteiger partial charge >= 0.3 is 12.0 Å². The Bertz CT molecular complexity index is 436. The summed E-state index contributed by atoms with van der Waals surface area (Å²) in [5.41, 5.74) is 0. The van der Waals surface area contributed by atoms with Crippen LogP contribution in [-0.4, -0.2) is 51.4 Å². The van der Waals surface area contributed by atoms with E-state index in [0.717, 1.165) is 6.26 Å². The molecule has 0 aromatic rings. The van der Waals surface area contributed by atoms with Crippen molar-refractivity contribution in [3.05, 3.63) is 0 Å². The van der Waals surface area contributed by atoms with Crippen molar-refractivity contribution in [2.75, 3.05) is 25.9 Å². The number of carboxylic acid groups (broad SMARTS) is 1. The van der Waals surface area contributed by atoms with Crippen molar-refractivity contribution in [2.45, 2.75) is 26.7 Å². The predicted octanol–water partition coefficient (Wildman–Crippen LogP) is -0.0282. The minimum atomic E-state index is -3.26. The second kappa shape index (κ2) is 9.56. The third-order valence-electron chi connectivity index (χ3n) is 2.59. The highest BCUT2D eigenvalue weighted by molar-refractivity contribution is 7.88. The van der Waals surface area contributed by atoms with Crippen LogP contribution in [0.1, 0.15) is 26.7 Å². The third kappa shape index (κ3) is 13.4. The molecule has 0 unspecified atom stereocenters. The number of carboxylic acids is 1. The molecule has 8 nitrogen and oxygen atoms in total. The minimum absolute atomic E-state index is 0.00803. The highest BCUT2D eigenvalue weighted by Gasteiger charge is 2.15. The van der Waals surface area contributed by atoms with Crippen molar-refractivity contribution in [1.29, 1.82) is 0 Å². The van der Waals surface area contributed by atoms with Crippen LogP contribution in [0.4, 0.5) is 4.79 Å². The number of hydrogen-bond acceptors (Lipinski definition) is 4. The molecule has 0 spiro atoms. The smallest absolute Gasteiger partial charge is 0.314 e. The number of sulfonamides is 1. The number of amides is 2. The van der Waals surface area contributed by atoms with Gasteiger partial charge in [0.05, 0.1) is 6.26 Å². The molecule has 4 N–H and O–H groups in total. The molecule has 9 heteroatoms. The molecule has 0 aliphatic heterocycles. The summed E-state index contributed by atoms with van der Waals surface area (Å²) >= 11 is 0. The molecule has 0 aliphatic carbocycles. The van der Waals surface area contributed by atoms with E-state index in [4.69, 9.17) is 5.11 Å². The van der Waals surface area contributed by atoms with Gasteiger partial charge in [0.15, 0.2) is 0 Å². The molecular weight excluding hydrogens is 298 g/mol. The zero-order valence-corrected chi connectivity index (χ0v) is 13.5. The molecule has 0 fully saturated rings. The number of carbonyl (C=O) groups is 2. The number of urea groups is 1. The lowest BCUT2D eigenvalue weighted by molar-refractivity contribution is -0.138. The van der Waals surface area contributed by atoms with E-state index >= 15 is 0 Å². The van der Waals surface area contributed by atoms with Gasteiger partial charge in [-0.25, -0.2) is 17.9 Å². The van der Waals surface area contributed by atoms with Crippen LogP contribution in [0, 0.1) is 11.8 Å². The van der Waals surface area contributed by atoms with Crippen LogP contribution in [0.2, 0.25) is 0 Å². The summed E-state index contributed by atoms with van der Waals surface area (Å²) < 4.78 is 23.8. The zero-order chi connectivity index (χ0) is 16.5. The van der Waals surface area contributed by atoms with E-state index in [1.165, 1.54) is 0 Å². The van der Waals surface area contributed by atoms with Gasteiger partial charge in [-0.3, -0.25) is 4.79 Å². The maximum Gasteiger partial charge on any atom is 0.314 e. The molecule has 0 radical (unpaired) electrons. The van der Waals surface area contributed by atoms with Crippen LogP contribution in [0.3, 0.4) is 0 Å². The Labute approximate surface area is 125 Å². The van der Waals surface area contributed by atoms with E-state index in [1.807, 2.05) is 13.8 Å². The number of hydrogen-bond donors (Lipinski definition) is 4. The van der Waals surface area contributed by atoms with Crippen LogP contribution in [-0.2, 0) is 14.8 Å². The fourth-order valence-electron chi connectivity index (χ4n) is 1.86. The lowest BCUT2D eigenvalue weighted by atomic mass is 9.94. The van der Waals surface area contributed by atoms with Crippen molar-refractivity contribution in [3.8, 4) is 0 Å². The van der Waals surface area contributed by atoms with E-state index in [-0.39, 0.29) is 32.0 Å². The van der Waals surface area contributed by atoms with Crippen LogP contribution in [0.15, 0.2) is 0 Å². The lowest BCUT2D eigenvalue weighted by Crippen LogP contribution is -2.42. The summed E-state index contributed by atoms with van der Waals surface area (Å²) in [4.78, 5) is 22.2. The maximum absolute atomic E-state index is 11.5. The van der Waals surface area contributed by atoms with Crippen LogP contribution in [0.25, 0.3) is 0 Å². The average molecular weight is 323 g/mol. The van der Waals surface area contributed by atoms with Crippen LogP contribution < -0.4 is 15.4 Å². The Hall–Kier alpha value is -1.35. The topological polar surface area (TPSA) is 125 Å². The molecular formula is C12H25N3O5S. The quantitative estimate of drug-likeness (QED) is 0.420. The summed E-state index contributed by atoms with van der Waals surface area (Å²) in [6.07, 6.45) is 1.76. The zero-order valence-electron chi connectivity index (χ0n) is 12.7. The summed E-state index contributed by atoms with van der Waals surface area (Å²) in [6, 6.07) is -0.440. The Balaban J connectivity index is 3.98. The molecule has 21 heavy (non-hydrogen) atoms. The Morgan fingerprint density at radius 3 is 2.24 bits per heavy atom. The highest BCUT2D eigenvalue weighted by atomic mass is 32.2. The first-order valence-corrected chi connectivity index (χ1v) is 8.67. The van der Waals surface area contributed by atoms with E-state index < -0.39 is 22.0 Å². The molecule has 0 aromatic carbocycles. The molecule has 0 aliphatic rings. The van der Waals surface area contributed by atoms with Gasteiger partial charge < -0.3 is 15.7 Å². The SMILES string of the molecule is CC(C)C[C@H](CNC(=O)NCCNS(C)(=O)=O)CC(=O)O. The van der Waals surface area contributed by atoms with E-state index in [2.05, 4.69) is 15.4 Å². The van der Waals surface area contributed by atoms with Crippen molar-refractivity contribution in [2.24, 2.45) is 11.8 Å². The molecule has 0 heterocycles. The van der Waals surface area contributed by atoms with Gasteiger partial charge in [-0.1, -0.05) is 13.8 Å². The van der Waals surface area contributed by atoms with Gasteiger partial charge in [0, 0.05) is 26.1 Å². The van der Waals surface area contributed by atoms with E-state index in [9.17, 15) is 18.0 Å². The van der Waals surface area contributed by atoms with Gasteiger partial charge in [0.1, 0.15) is 0 Å². The summed E-state index contributed by atoms with van der Waals surface area (Å²) in [5, 5.41) is 13.9. The lowest BCUT2D eigenvalue weighted by Gasteiger charge is -2.18. The van der Waals surface area contributed by atoms with E-state index in [0.29, 0.717) is 12.3 Å². The predicted molar refractivity (Wildman–Crippen MR) is 79.4 cm³/mol. The Morgan fingerprint density at radius 2 is 1.76 bits per heavy atom. The van der Waals surface area contributed by atoms with Crippen molar-refractivity contribution >= 4 is 22.0 Å². The highest BCUT2D eigenvalue weighted by Crippen LogP contribution is 2.14. The largest absolute Gasteiger partial charge is 0.481 e. The summed E-state index contributed by atoms with van der Waals surface area (Å²) in [6.45, 7) is 4.52. The van der Waals surface area contributed by atoms with Crippen molar-refractivity contribution < 1.29 is 23.1 Å². The Kier molecular flexibility index (Phi) is 8.95. The first kappa shape index (κ1) is 19.7. The molecule has 124 valence electrons. The van der Waals surface area contributed by atoms with Crippen LogP contribution in [0.5, 0.6) is 0 Å². The number of nitrogens with one attached hydrogen (secondary N) is 3. The monoisotopic (exact) mass is 323 g/mol. The molecule has 0 aromatic heterocycles. The first-order valence-electron chi connectivity index (χ1n) is 6.78. The minimum Gasteiger partial charge on any atom is -0.481 e. The molecule has 0 saturated heterocycles. The summed E-state index contributed by atoms with van der Waals surface area (Å²) in [5.74, 6) is -0.666. The maximum atomic E-state index is 11.5. The Morgan fingerprint density at radius 1 is 1.14 bits per heavy atom. The standard InChI is InChI=1S/C12H25N3O5S/c1-9(2)6-10(7-11(16)17)8-14-12(18)13-4-5-15-21(3,19)20/h9-10,15H,4-8H2,1-3H3,(H,16,17)(H2,13,14,18)/t10-/m0/s1. The molecule has 0 bridgehead atoms. The van der Waals surface area contributed by atoms with Gasteiger partial charge in [-0.15, -0.1) is 0 Å². The number of carbonyl (C=O) groups excluding carboxylic acids is 1. The van der Waals surface area contributed by atoms with Crippen molar-refractivity contribution in [1.82, 2.24) is 15.4 Å². The van der Waals surface area contributed by atoms with Crippen molar-refractivity contribution in [3.63, 3.8) is 0 Å². The second-order valence-corrected chi connectivity index (χ2v) is 7.23. The van der Waals surface area contributed by atoms with Gasteiger partial charge in [-0.05, 0) is 18.3 Å². The van der Waals surface area contributed by atoms with Gasteiger partial charge in [-0.2, -0.15) is 0 Å². The average Bonchev–Trinajstić information content (AvgIpc) is 2.29. The van der Waals surface area contributed by atoms with Gasteiger partial charge in [0.25, 0.3) is 0 Å².